The fourth-order valence-electron chi connectivity index (χ4n) is 4.62. The van der Waals surface area contributed by atoms with Gasteiger partial charge >= 0.3 is 0 Å². The normalized spacial score (nSPS) is 18.7. The van der Waals surface area contributed by atoms with Gasteiger partial charge in [-0.15, -0.1) is 0 Å². The molecule has 1 atom stereocenters. The van der Waals surface area contributed by atoms with Gasteiger partial charge in [0.2, 0.25) is 6.79 Å². The quantitative estimate of drug-likeness (QED) is 0.264. The molecular weight excluding hydrogens is 432 g/mol. The second kappa shape index (κ2) is 7.52. The van der Waals surface area contributed by atoms with Crippen molar-refractivity contribution < 1.29 is 24.2 Å². The van der Waals surface area contributed by atoms with Crippen LogP contribution in [-0.4, -0.2) is 28.6 Å². The molecule has 3 aromatic carbocycles. The largest absolute Gasteiger partial charge is 0.507 e. The fourth-order valence-corrected chi connectivity index (χ4v) is 4.62. The predicted octanol–water partition coefficient (Wildman–Crippen LogP) is 4.83. The van der Waals surface area contributed by atoms with Gasteiger partial charge in [0.25, 0.3) is 11.7 Å². The minimum absolute atomic E-state index is 0.0382. The van der Waals surface area contributed by atoms with Crippen molar-refractivity contribution in [2.24, 2.45) is 0 Å². The van der Waals surface area contributed by atoms with E-state index < -0.39 is 17.7 Å². The molecule has 0 aliphatic carbocycles. The van der Waals surface area contributed by atoms with Crippen molar-refractivity contribution in [1.82, 2.24) is 4.98 Å². The number of hydrogen-bond donors (Lipinski definition) is 2. The molecule has 0 saturated carbocycles. The number of para-hydroxylation sites is 1. The van der Waals surface area contributed by atoms with Gasteiger partial charge in [-0.05, 0) is 25.1 Å². The second-order valence-electron chi connectivity index (χ2n) is 8.36. The molecule has 2 aliphatic rings. The maximum Gasteiger partial charge on any atom is 0.300 e. The van der Waals surface area contributed by atoms with Gasteiger partial charge in [-0.2, -0.15) is 0 Å². The first-order valence-corrected chi connectivity index (χ1v) is 10.9. The Morgan fingerprint density at radius 2 is 1.76 bits per heavy atom. The molecule has 7 nitrogen and oxygen atoms in total. The van der Waals surface area contributed by atoms with Gasteiger partial charge in [0.15, 0.2) is 11.5 Å². The molecule has 0 spiro atoms. The molecule has 2 N–H and O–H groups in total. The third-order valence-corrected chi connectivity index (χ3v) is 6.32. The number of fused-ring (bicyclic) bond motifs is 2. The summed E-state index contributed by atoms with van der Waals surface area (Å²) in [6.45, 7) is 2.03. The van der Waals surface area contributed by atoms with Crippen LogP contribution in [0.3, 0.4) is 0 Å². The Bertz CT molecular complexity index is 1500. The number of nitrogens with one attached hydrogen (secondary N) is 1. The number of hydrogen-bond acceptors (Lipinski definition) is 5. The molecule has 0 radical (unpaired) electrons. The Kier molecular flexibility index (Phi) is 4.45. The van der Waals surface area contributed by atoms with Crippen LogP contribution in [0.15, 0.2) is 78.5 Å². The number of aromatic amines is 1. The van der Waals surface area contributed by atoms with Crippen LogP contribution in [0.25, 0.3) is 16.7 Å². The number of aliphatic hydroxyl groups excluding tert-OH is 1. The zero-order chi connectivity index (χ0) is 23.4. The number of H-pyrrole nitrogens is 1. The molecule has 1 fully saturated rings. The zero-order valence-electron chi connectivity index (χ0n) is 18.2. The maximum absolute atomic E-state index is 13.4. The number of aryl methyl sites for hydroxylation is 1. The van der Waals surface area contributed by atoms with E-state index in [-0.39, 0.29) is 18.1 Å². The highest BCUT2D eigenvalue weighted by molar-refractivity contribution is 6.52. The number of Topliss-reactive ketones (excluding diaryl/α,β-unsaturated/α-hetero) is 1. The van der Waals surface area contributed by atoms with Crippen LogP contribution in [0, 0.1) is 6.92 Å². The predicted molar refractivity (Wildman–Crippen MR) is 127 cm³/mol. The molecule has 1 amide bonds. The van der Waals surface area contributed by atoms with E-state index in [9.17, 15) is 14.7 Å². The lowest BCUT2D eigenvalue weighted by Gasteiger charge is -2.25. The molecule has 6 rings (SSSR count). The number of nitrogens with zero attached hydrogens (tertiary/aromatic N) is 1. The van der Waals surface area contributed by atoms with Gasteiger partial charge in [-0.3, -0.25) is 14.5 Å². The first-order chi connectivity index (χ1) is 16.5. The molecule has 1 aromatic heterocycles. The van der Waals surface area contributed by atoms with E-state index in [1.54, 1.807) is 36.5 Å². The molecule has 168 valence electrons. The van der Waals surface area contributed by atoms with Gasteiger partial charge in [0.05, 0.1) is 11.6 Å². The van der Waals surface area contributed by atoms with Crippen LogP contribution in [0.1, 0.15) is 22.7 Å². The minimum Gasteiger partial charge on any atom is -0.507 e. The number of carbonyl (C=O) groups excluding carboxylic acids is 2. The highest BCUT2D eigenvalue weighted by Gasteiger charge is 2.48. The SMILES string of the molecule is Cc1ccc(/C(O)=C2\C(=O)C(=O)N(c3ccc4c(c3)OCO4)C2c2c[nH]c3ccccc23)cc1. The number of amides is 1. The molecule has 4 aromatic rings. The van der Waals surface area contributed by atoms with E-state index in [0.717, 1.165) is 16.5 Å². The lowest BCUT2D eigenvalue weighted by Crippen LogP contribution is -2.29. The van der Waals surface area contributed by atoms with Crippen LogP contribution in [0.5, 0.6) is 11.5 Å². The third-order valence-electron chi connectivity index (χ3n) is 6.32. The van der Waals surface area contributed by atoms with Crippen molar-refractivity contribution >= 4 is 34.0 Å². The van der Waals surface area contributed by atoms with Gasteiger partial charge < -0.3 is 19.6 Å². The van der Waals surface area contributed by atoms with E-state index in [4.69, 9.17) is 9.47 Å². The summed E-state index contributed by atoms with van der Waals surface area (Å²) in [6, 6.07) is 19.1. The summed E-state index contributed by atoms with van der Waals surface area (Å²) in [5.74, 6) is -0.607. The van der Waals surface area contributed by atoms with Crippen LogP contribution in [0.2, 0.25) is 0 Å². The average molecular weight is 452 g/mol. The van der Waals surface area contributed by atoms with E-state index in [0.29, 0.717) is 28.3 Å². The number of rotatable bonds is 3. The molecule has 1 saturated heterocycles. The number of anilines is 1. The van der Waals surface area contributed by atoms with Crippen molar-refractivity contribution in [2.75, 3.05) is 11.7 Å². The van der Waals surface area contributed by atoms with Crippen LogP contribution < -0.4 is 14.4 Å². The maximum atomic E-state index is 13.4. The topological polar surface area (TPSA) is 91.9 Å². The number of ether oxygens (including phenoxy) is 2. The monoisotopic (exact) mass is 452 g/mol. The average Bonchev–Trinajstić information content (AvgIpc) is 3.55. The number of aliphatic hydroxyl groups is 1. The van der Waals surface area contributed by atoms with Gasteiger partial charge in [-0.1, -0.05) is 48.0 Å². The summed E-state index contributed by atoms with van der Waals surface area (Å²) in [6.07, 6.45) is 1.78. The minimum atomic E-state index is -0.835. The van der Waals surface area contributed by atoms with E-state index in [1.165, 1.54) is 4.90 Å². The third kappa shape index (κ3) is 2.97. The fraction of sp³-hybridized carbons (Fsp3) is 0.111. The Labute approximate surface area is 194 Å². The molecular formula is C27H20N2O5. The lowest BCUT2D eigenvalue weighted by molar-refractivity contribution is -0.132. The lowest BCUT2D eigenvalue weighted by atomic mass is 9.94. The van der Waals surface area contributed by atoms with Crippen LogP contribution in [-0.2, 0) is 9.59 Å². The van der Waals surface area contributed by atoms with Crippen molar-refractivity contribution in [3.63, 3.8) is 0 Å². The van der Waals surface area contributed by atoms with Crippen molar-refractivity contribution in [2.45, 2.75) is 13.0 Å². The Balaban J connectivity index is 1.59. The molecule has 1 unspecified atom stereocenters. The number of ketones is 1. The summed E-state index contributed by atoms with van der Waals surface area (Å²) in [5, 5.41) is 12.1. The smallest absolute Gasteiger partial charge is 0.300 e. The highest BCUT2D eigenvalue weighted by Crippen LogP contribution is 2.46. The molecule has 2 aliphatic heterocycles. The van der Waals surface area contributed by atoms with Gasteiger partial charge in [-0.25, -0.2) is 0 Å². The zero-order valence-corrected chi connectivity index (χ0v) is 18.2. The summed E-state index contributed by atoms with van der Waals surface area (Å²) < 4.78 is 10.9. The second-order valence-corrected chi connectivity index (χ2v) is 8.36. The van der Waals surface area contributed by atoms with Crippen LogP contribution >= 0.6 is 0 Å². The first kappa shape index (κ1) is 20.1. The molecule has 34 heavy (non-hydrogen) atoms. The van der Waals surface area contributed by atoms with Crippen LogP contribution in [0.4, 0.5) is 5.69 Å². The van der Waals surface area contributed by atoms with E-state index >= 15 is 0 Å². The van der Waals surface area contributed by atoms with E-state index in [2.05, 4.69) is 4.98 Å². The van der Waals surface area contributed by atoms with Crippen molar-refractivity contribution in [1.29, 1.82) is 0 Å². The Morgan fingerprint density at radius 3 is 2.59 bits per heavy atom. The number of carbonyl (C=O) groups is 2. The standard InChI is InChI=1S/C27H20N2O5/c1-15-6-8-16(9-7-15)25(30)23-24(19-13-28-20-5-3-2-4-18(19)20)29(27(32)26(23)31)17-10-11-21-22(12-17)34-14-33-21/h2-13,24,28,30H,14H2,1H3/b25-23+. The Hall–Kier alpha value is -4.52. The van der Waals surface area contributed by atoms with E-state index in [1.807, 2.05) is 43.3 Å². The van der Waals surface area contributed by atoms with Crippen molar-refractivity contribution in [3.05, 3.63) is 95.2 Å². The summed E-state index contributed by atoms with van der Waals surface area (Å²) >= 11 is 0. The summed E-state index contributed by atoms with van der Waals surface area (Å²) in [5.41, 5.74) is 3.58. The Morgan fingerprint density at radius 1 is 1.00 bits per heavy atom. The van der Waals surface area contributed by atoms with Crippen molar-refractivity contribution in [3.8, 4) is 11.5 Å². The molecule has 3 heterocycles. The molecule has 0 bridgehead atoms. The first-order valence-electron chi connectivity index (χ1n) is 10.9. The van der Waals surface area contributed by atoms with Gasteiger partial charge in [0, 0.05) is 40.0 Å². The van der Waals surface area contributed by atoms with Gasteiger partial charge in [0.1, 0.15) is 5.76 Å². The summed E-state index contributed by atoms with van der Waals surface area (Å²) in [4.78, 5) is 31.4. The summed E-state index contributed by atoms with van der Waals surface area (Å²) in [7, 11) is 0. The highest BCUT2D eigenvalue weighted by atomic mass is 16.7. The number of aromatic nitrogens is 1. The molecule has 7 heteroatoms. The number of benzene rings is 3.